The van der Waals surface area contributed by atoms with Crippen LogP contribution in [0, 0.1) is 7.14 Å². The van der Waals surface area contributed by atoms with Gasteiger partial charge in [0.1, 0.15) is 5.69 Å². The summed E-state index contributed by atoms with van der Waals surface area (Å²) in [5.41, 5.74) is 1.04. The second-order valence-electron chi connectivity index (χ2n) is 6.37. The molecule has 3 aromatic heterocycles. The highest BCUT2D eigenvalue weighted by Crippen LogP contribution is 2.23. The SMILES string of the molecule is O=c1oc(-c2ccc(-c3nc4ccc(I)cc4c(=O)o3)nc2)nc2ccc(I)cc12. The van der Waals surface area contributed by atoms with Gasteiger partial charge in [0.2, 0.25) is 11.8 Å². The van der Waals surface area contributed by atoms with Gasteiger partial charge in [-0.05, 0) is 93.7 Å². The Balaban J connectivity index is 1.56. The first-order chi connectivity index (χ1) is 14.5. The van der Waals surface area contributed by atoms with Gasteiger partial charge in [0.05, 0.1) is 27.4 Å². The quantitative estimate of drug-likeness (QED) is 0.266. The van der Waals surface area contributed by atoms with Gasteiger partial charge < -0.3 is 8.83 Å². The van der Waals surface area contributed by atoms with E-state index >= 15 is 0 Å². The fraction of sp³-hybridized carbons (Fsp3) is 0. The maximum absolute atomic E-state index is 12.3. The van der Waals surface area contributed by atoms with Crippen molar-refractivity contribution in [2.24, 2.45) is 0 Å². The molecular weight excluding hydrogens is 612 g/mol. The number of hydrogen-bond donors (Lipinski definition) is 0. The first-order valence-corrected chi connectivity index (χ1v) is 10.8. The summed E-state index contributed by atoms with van der Waals surface area (Å²) in [6.45, 7) is 0. The molecule has 30 heavy (non-hydrogen) atoms. The van der Waals surface area contributed by atoms with Crippen LogP contribution >= 0.6 is 45.2 Å². The molecule has 0 bridgehead atoms. The van der Waals surface area contributed by atoms with Crippen LogP contribution in [-0.2, 0) is 0 Å². The van der Waals surface area contributed by atoms with Crippen LogP contribution < -0.4 is 11.3 Å². The monoisotopic (exact) mass is 621 g/mol. The van der Waals surface area contributed by atoms with E-state index in [1.54, 1.807) is 36.4 Å². The molecular formula is C21H9I2N3O4. The van der Waals surface area contributed by atoms with E-state index < -0.39 is 11.3 Å². The second-order valence-corrected chi connectivity index (χ2v) is 8.86. The van der Waals surface area contributed by atoms with Crippen LogP contribution in [0.25, 0.3) is 44.8 Å². The summed E-state index contributed by atoms with van der Waals surface area (Å²) in [5, 5.41) is 0.839. The third-order valence-corrected chi connectivity index (χ3v) is 5.75. The van der Waals surface area contributed by atoms with E-state index in [0.29, 0.717) is 33.1 Å². The topological polar surface area (TPSA) is 99.1 Å². The minimum Gasteiger partial charge on any atom is -0.403 e. The molecule has 0 aliphatic rings. The Morgan fingerprint density at radius 1 is 0.700 bits per heavy atom. The van der Waals surface area contributed by atoms with Gasteiger partial charge >= 0.3 is 11.3 Å². The van der Waals surface area contributed by atoms with E-state index in [2.05, 4.69) is 60.1 Å². The number of halogens is 2. The summed E-state index contributed by atoms with van der Waals surface area (Å²) in [4.78, 5) is 37.7. The van der Waals surface area contributed by atoms with Crippen LogP contribution in [0.15, 0.2) is 73.2 Å². The normalized spacial score (nSPS) is 11.3. The zero-order valence-electron chi connectivity index (χ0n) is 14.9. The van der Waals surface area contributed by atoms with Crippen LogP contribution in [-0.4, -0.2) is 15.0 Å². The minimum atomic E-state index is -0.476. The molecule has 146 valence electrons. The fourth-order valence-corrected chi connectivity index (χ4v) is 3.95. The largest absolute Gasteiger partial charge is 0.403 e. The van der Waals surface area contributed by atoms with Crippen molar-refractivity contribution in [2.75, 3.05) is 0 Å². The van der Waals surface area contributed by atoms with Gasteiger partial charge in [-0.3, -0.25) is 4.98 Å². The van der Waals surface area contributed by atoms with E-state index in [4.69, 9.17) is 8.83 Å². The van der Waals surface area contributed by atoms with E-state index in [9.17, 15) is 9.59 Å². The number of rotatable bonds is 2. The highest BCUT2D eigenvalue weighted by molar-refractivity contribution is 14.1. The lowest BCUT2D eigenvalue weighted by molar-refractivity contribution is 0.514. The smallest absolute Gasteiger partial charge is 0.347 e. The predicted molar refractivity (Wildman–Crippen MR) is 128 cm³/mol. The molecule has 0 aliphatic carbocycles. The molecule has 0 fully saturated rings. The Morgan fingerprint density at radius 3 is 1.83 bits per heavy atom. The third kappa shape index (κ3) is 3.51. The third-order valence-electron chi connectivity index (χ3n) is 4.41. The summed E-state index contributed by atoms with van der Waals surface area (Å²) in [7, 11) is 0. The van der Waals surface area contributed by atoms with Gasteiger partial charge in [0.25, 0.3) is 0 Å². The Morgan fingerprint density at radius 2 is 1.27 bits per heavy atom. The molecule has 2 aromatic carbocycles. The van der Waals surface area contributed by atoms with Crippen LogP contribution in [0.2, 0.25) is 0 Å². The summed E-state index contributed by atoms with van der Waals surface area (Å²) in [5.74, 6) is 0.276. The van der Waals surface area contributed by atoms with Crippen molar-refractivity contribution in [1.82, 2.24) is 15.0 Å². The van der Waals surface area contributed by atoms with E-state index in [1.807, 2.05) is 12.1 Å². The minimum absolute atomic E-state index is 0.114. The number of aromatic nitrogens is 3. The molecule has 0 radical (unpaired) electrons. The van der Waals surface area contributed by atoms with E-state index in [-0.39, 0.29) is 11.8 Å². The van der Waals surface area contributed by atoms with Crippen LogP contribution in [0.4, 0.5) is 0 Å². The molecule has 5 rings (SSSR count). The lowest BCUT2D eigenvalue weighted by atomic mass is 10.2. The Labute approximate surface area is 195 Å². The molecule has 5 aromatic rings. The van der Waals surface area contributed by atoms with Crippen molar-refractivity contribution in [3.05, 3.63) is 82.7 Å². The number of pyridine rings is 1. The first-order valence-electron chi connectivity index (χ1n) is 8.65. The second kappa shape index (κ2) is 7.54. The van der Waals surface area contributed by atoms with Gasteiger partial charge in [-0.2, -0.15) is 0 Å². The standard InChI is InChI=1S/C21H9I2N3O4/c22-11-2-5-15-13(7-11)20(27)29-18(25-15)10-1-4-17(24-9-10)19-26-16-6-3-12(23)8-14(16)21(28)30-19/h1-9H. The molecule has 3 heterocycles. The Bertz CT molecular complexity index is 1440. The summed E-state index contributed by atoms with van der Waals surface area (Å²) >= 11 is 4.25. The average molecular weight is 621 g/mol. The van der Waals surface area contributed by atoms with Crippen molar-refractivity contribution in [1.29, 1.82) is 0 Å². The number of nitrogens with zero attached hydrogens (tertiary/aromatic N) is 3. The van der Waals surface area contributed by atoms with Crippen LogP contribution in [0.1, 0.15) is 0 Å². The highest BCUT2D eigenvalue weighted by atomic mass is 127. The molecule has 0 saturated carbocycles. The van der Waals surface area contributed by atoms with Gasteiger partial charge in [0, 0.05) is 13.3 Å². The molecule has 7 nitrogen and oxygen atoms in total. The molecule has 0 amide bonds. The molecule has 0 unspecified atom stereocenters. The Kier molecular flexibility index (Phi) is 4.85. The molecule has 0 N–H and O–H groups in total. The molecule has 0 saturated heterocycles. The van der Waals surface area contributed by atoms with Gasteiger partial charge in [0.15, 0.2) is 0 Å². The van der Waals surface area contributed by atoms with Gasteiger partial charge in [-0.15, -0.1) is 0 Å². The van der Waals surface area contributed by atoms with Crippen molar-refractivity contribution in [2.45, 2.75) is 0 Å². The van der Waals surface area contributed by atoms with Gasteiger partial charge in [-0.25, -0.2) is 19.6 Å². The maximum Gasteiger partial charge on any atom is 0.347 e. The number of fused-ring (bicyclic) bond motifs is 2. The van der Waals surface area contributed by atoms with E-state index in [0.717, 1.165) is 7.14 Å². The van der Waals surface area contributed by atoms with Crippen LogP contribution in [0.5, 0.6) is 0 Å². The zero-order chi connectivity index (χ0) is 20.8. The lowest BCUT2D eigenvalue weighted by Gasteiger charge is -2.04. The maximum atomic E-state index is 12.3. The molecule has 0 atom stereocenters. The summed E-state index contributed by atoms with van der Waals surface area (Å²) < 4.78 is 12.6. The van der Waals surface area contributed by atoms with Crippen molar-refractivity contribution >= 4 is 67.0 Å². The predicted octanol–water partition coefficient (Wildman–Crippen LogP) is 4.63. The first kappa shape index (κ1) is 19.3. The molecule has 9 heteroatoms. The number of benzene rings is 2. The lowest BCUT2D eigenvalue weighted by Crippen LogP contribution is -2.04. The van der Waals surface area contributed by atoms with Crippen LogP contribution in [0.3, 0.4) is 0 Å². The number of hydrogen-bond acceptors (Lipinski definition) is 7. The Hall–Kier alpha value is -2.67. The highest BCUT2D eigenvalue weighted by Gasteiger charge is 2.13. The summed E-state index contributed by atoms with van der Waals surface area (Å²) in [6, 6.07) is 14.1. The zero-order valence-corrected chi connectivity index (χ0v) is 19.2. The average Bonchev–Trinajstić information content (AvgIpc) is 2.74. The van der Waals surface area contributed by atoms with Crippen molar-refractivity contribution in [3.63, 3.8) is 0 Å². The summed E-state index contributed by atoms with van der Waals surface area (Å²) in [6.07, 6.45) is 1.50. The molecule has 0 spiro atoms. The van der Waals surface area contributed by atoms with Crippen molar-refractivity contribution < 1.29 is 8.83 Å². The van der Waals surface area contributed by atoms with Gasteiger partial charge in [-0.1, -0.05) is 0 Å². The van der Waals surface area contributed by atoms with Crippen molar-refractivity contribution in [3.8, 4) is 23.0 Å². The molecule has 0 aliphatic heterocycles. The fourth-order valence-electron chi connectivity index (χ4n) is 2.97. The van der Waals surface area contributed by atoms with E-state index in [1.165, 1.54) is 6.20 Å².